The van der Waals surface area contributed by atoms with E-state index < -0.39 is 0 Å². The second-order valence-electron chi connectivity index (χ2n) is 11.0. The number of halogens is 1. The molecule has 0 radical (unpaired) electrons. The predicted octanol–water partition coefficient (Wildman–Crippen LogP) is 4.71. The smallest absolute Gasteiger partial charge is 0.223 e. The number of hydrogen-bond donors (Lipinski definition) is 0. The van der Waals surface area contributed by atoms with E-state index in [2.05, 4.69) is 4.98 Å². The number of pyridine rings is 1. The molecule has 0 atom stereocenters. The molecule has 1 amide bonds. The highest BCUT2D eigenvalue weighted by Gasteiger charge is 2.58. The van der Waals surface area contributed by atoms with Crippen LogP contribution in [0.25, 0.3) is 0 Å². The lowest BCUT2D eigenvalue weighted by molar-refractivity contribution is -0.145. The van der Waals surface area contributed by atoms with Gasteiger partial charge in [-0.2, -0.15) is 5.26 Å². The maximum Gasteiger partial charge on any atom is 0.223 e. The Bertz CT molecular complexity index is 1070. The first kappa shape index (κ1) is 21.6. The monoisotopic (exact) mass is 459 g/mol. The van der Waals surface area contributed by atoms with Gasteiger partial charge in [0.1, 0.15) is 11.9 Å². The summed E-state index contributed by atoms with van der Waals surface area (Å²) in [7, 11) is 0. The van der Waals surface area contributed by atoms with E-state index in [0.29, 0.717) is 55.3 Å². The Balaban J connectivity index is 1.13. The van der Waals surface area contributed by atoms with Gasteiger partial charge >= 0.3 is 0 Å². The molecule has 176 valence electrons. The third-order valence-electron chi connectivity index (χ3n) is 9.06. The first-order valence-corrected chi connectivity index (χ1v) is 12.6. The van der Waals surface area contributed by atoms with Crippen molar-refractivity contribution in [2.75, 3.05) is 19.7 Å². The standard InChI is InChI=1S/C28H30FN3O2/c29-25-4-2-22(3-5-25)28(23-8-19-7-20(10-23)11-24(28)9-19)12-27(33)32-15-21(16-32)17-34-26-6-1-18(13-30)14-31-26/h1-6,14,19-21,23-24H,7-12,15-17H2. The van der Waals surface area contributed by atoms with Crippen LogP contribution in [-0.2, 0) is 10.2 Å². The fraction of sp³-hybridized carbons (Fsp3) is 0.536. The number of likely N-dealkylation sites (tertiary alicyclic amines) is 1. The number of rotatable bonds is 6. The molecule has 34 heavy (non-hydrogen) atoms. The number of hydrogen-bond acceptors (Lipinski definition) is 4. The lowest BCUT2D eigenvalue weighted by Crippen LogP contribution is -2.59. The Kier molecular flexibility index (Phi) is 5.32. The first-order chi connectivity index (χ1) is 16.5. The Labute approximate surface area is 199 Å². The van der Waals surface area contributed by atoms with Crippen molar-refractivity contribution in [3.8, 4) is 11.9 Å². The van der Waals surface area contributed by atoms with Crippen LogP contribution in [0, 0.1) is 46.7 Å². The summed E-state index contributed by atoms with van der Waals surface area (Å²) in [6.45, 7) is 1.92. The van der Waals surface area contributed by atoms with Gasteiger partial charge < -0.3 is 9.64 Å². The minimum atomic E-state index is -0.212. The van der Waals surface area contributed by atoms with Gasteiger partial charge in [0.25, 0.3) is 0 Å². The molecular weight excluding hydrogens is 429 g/mol. The molecule has 5 aliphatic rings. The van der Waals surface area contributed by atoms with Gasteiger partial charge in [0.2, 0.25) is 11.8 Å². The molecule has 1 aromatic carbocycles. The zero-order chi connectivity index (χ0) is 23.3. The molecule has 5 fully saturated rings. The number of aromatic nitrogens is 1. The Morgan fingerprint density at radius 2 is 1.74 bits per heavy atom. The van der Waals surface area contributed by atoms with Gasteiger partial charge in [0, 0.05) is 43.1 Å². The first-order valence-electron chi connectivity index (χ1n) is 12.6. The zero-order valence-corrected chi connectivity index (χ0v) is 19.3. The zero-order valence-electron chi connectivity index (χ0n) is 19.3. The fourth-order valence-corrected chi connectivity index (χ4v) is 7.62. The van der Waals surface area contributed by atoms with Crippen LogP contribution < -0.4 is 4.74 Å². The van der Waals surface area contributed by atoms with Crippen molar-refractivity contribution in [1.29, 1.82) is 5.26 Å². The van der Waals surface area contributed by atoms with E-state index in [9.17, 15) is 9.18 Å². The second kappa shape index (κ2) is 8.37. The third kappa shape index (κ3) is 3.66. The Morgan fingerprint density at radius 3 is 2.32 bits per heavy atom. The topological polar surface area (TPSA) is 66.2 Å². The van der Waals surface area contributed by atoms with Crippen LogP contribution in [0.3, 0.4) is 0 Å². The van der Waals surface area contributed by atoms with Crippen LogP contribution >= 0.6 is 0 Å². The third-order valence-corrected chi connectivity index (χ3v) is 9.06. The molecule has 6 heteroatoms. The molecule has 2 heterocycles. The lowest BCUT2D eigenvalue weighted by Gasteiger charge is -2.62. The molecule has 0 unspecified atom stereocenters. The van der Waals surface area contributed by atoms with Crippen molar-refractivity contribution >= 4 is 5.91 Å². The van der Waals surface area contributed by atoms with Gasteiger partial charge in [-0.3, -0.25) is 4.79 Å². The number of ether oxygens (including phenoxy) is 1. The van der Waals surface area contributed by atoms with E-state index in [1.165, 1.54) is 43.9 Å². The maximum absolute atomic E-state index is 13.8. The minimum Gasteiger partial charge on any atom is -0.477 e. The molecule has 5 nitrogen and oxygen atoms in total. The summed E-state index contributed by atoms with van der Waals surface area (Å²) >= 11 is 0. The van der Waals surface area contributed by atoms with E-state index in [-0.39, 0.29) is 17.1 Å². The number of carbonyl (C=O) groups excluding carboxylic acids is 1. The highest BCUT2D eigenvalue weighted by molar-refractivity contribution is 5.79. The van der Waals surface area contributed by atoms with Crippen LogP contribution in [0.2, 0.25) is 0 Å². The van der Waals surface area contributed by atoms with Gasteiger partial charge in [-0.1, -0.05) is 12.1 Å². The summed E-state index contributed by atoms with van der Waals surface area (Å²) in [5.41, 5.74) is 1.53. The average Bonchev–Trinajstić information content (AvgIpc) is 2.81. The summed E-state index contributed by atoms with van der Waals surface area (Å²) in [6.07, 6.45) is 8.27. The highest BCUT2D eigenvalue weighted by atomic mass is 19.1. The largest absolute Gasteiger partial charge is 0.477 e. The molecule has 2 aromatic rings. The van der Waals surface area contributed by atoms with E-state index in [0.717, 1.165) is 11.8 Å². The molecule has 4 aliphatic carbocycles. The number of nitriles is 1. The second-order valence-corrected chi connectivity index (χ2v) is 11.0. The van der Waals surface area contributed by atoms with Crippen LogP contribution in [0.4, 0.5) is 4.39 Å². The summed E-state index contributed by atoms with van der Waals surface area (Å²) in [6, 6.07) is 12.5. The SMILES string of the molecule is N#Cc1ccc(OCC2CN(C(=O)CC3(c4ccc(F)cc4)C4CC5CC(C4)CC3C5)C2)nc1. The Morgan fingerprint density at radius 1 is 1.06 bits per heavy atom. The van der Waals surface area contributed by atoms with Crippen molar-refractivity contribution in [2.45, 2.75) is 43.9 Å². The number of benzene rings is 1. The maximum atomic E-state index is 13.8. The molecule has 4 saturated carbocycles. The molecule has 0 spiro atoms. The van der Waals surface area contributed by atoms with Crippen LogP contribution in [0.5, 0.6) is 5.88 Å². The van der Waals surface area contributed by atoms with E-state index in [1.54, 1.807) is 24.3 Å². The quantitative estimate of drug-likeness (QED) is 0.627. The highest BCUT2D eigenvalue weighted by Crippen LogP contribution is 2.64. The summed E-state index contributed by atoms with van der Waals surface area (Å²) in [5.74, 6) is 3.50. The molecule has 7 rings (SSSR count). The fourth-order valence-electron chi connectivity index (χ4n) is 7.62. The van der Waals surface area contributed by atoms with Crippen molar-refractivity contribution in [3.63, 3.8) is 0 Å². The summed E-state index contributed by atoms with van der Waals surface area (Å²) in [4.78, 5) is 19.6. The molecule has 1 aromatic heterocycles. The molecule has 4 bridgehead atoms. The van der Waals surface area contributed by atoms with Gasteiger partial charge in [-0.05, 0) is 79.5 Å². The van der Waals surface area contributed by atoms with Gasteiger partial charge in [-0.15, -0.1) is 0 Å². The van der Waals surface area contributed by atoms with Crippen LogP contribution in [-0.4, -0.2) is 35.5 Å². The van der Waals surface area contributed by atoms with Crippen molar-refractivity contribution in [2.24, 2.45) is 29.6 Å². The molecule has 1 aliphatic heterocycles. The van der Waals surface area contributed by atoms with Crippen molar-refractivity contribution in [3.05, 3.63) is 59.5 Å². The van der Waals surface area contributed by atoms with Gasteiger partial charge in [0.05, 0.1) is 12.2 Å². The number of nitrogens with zero attached hydrogens (tertiary/aromatic N) is 3. The summed E-state index contributed by atoms with van der Waals surface area (Å²) in [5, 5.41) is 8.88. The Hall–Kier alpha value is -2.94. The summed E-state index contributed by atoms with van der Waals surface area (Å²) < 4.78 is 19.5. The average molecular weight is 460 g/mol. The number of carbonyl (C=O) groups is 1. The van der Waals surface area contributed by atoms with E-state index in [1.807, 2.05) is 23.1 Å². The van der Waals surface area contributed by atoms with Gasteiger partial charge in [0.15, 0.2) is 0 Å². The lowest BCUT2D eigenvalue weighted by atomic mass is 9.43. The molecular formula is C28H30FN3O2. The normalized spacial score (nSPS) is 31.7. The van der Waals surface area contributed by atoms with E-state index in [4.69, 9.17) is 10.00 Å². The van der Waals surface area contributed by atoms with Crippen LogP contribution in [0.1, 0.15) is 49.7 Å². The van der Waals surface area contributed by atoms with Gasteiger partial charge in [-0.25, -0.2) is 9.37 Å². The van der Waals surface area contributed by atoms with Crippen LogP contribution in [0.15, 0.2) is 42.6 Å². The van der Waals surface area contributed by atoms with Crippen molar-refractivity contribution in [1.82, 2.24) is 9.88 Å². The number of amides is 1. The predicted molar refractivity (Wildman–Crippen MR) is 124 cm³/mol. The molecule has 1 saturated heterocycles. The molecule has 0 N–H and O–H groups in total. The van der Waals surface area contributed by atoms with Crippen molar-refractivity contribution < 1.29 is 13.9 Å². The van der Waals surface area contributed by atoms with E-state index >= 15 is 0 Å². The minimum absolute atomic E-state index is 0.147.